The number of amides is 1. The molecule has 0 aliphatic carbocycles. The number of nitrogens with one attached hydrogen (secondary N) is 1. The van der Waals surface area contributed by atoms with Crippen molar-refractivity contribution in [1.82, 2.24) is 19.2 Å². The Morgan fingerprint density at radius 2 is 1.66 bits per heavy atom. The first-order valence-electron chi connectivity index (χ1n) is 11.1. The van der Waals surface area contributed by atoms with Crippen LogP contribution in [0.25, 0.3) is 0 Å². The molecule has 32 heavy (non-hydrogen) atoms. The highest BCUT2D eigenvalue weighted by Crippen LogP contribution is 2.23. The van der Waals surface area contributed by atoms with E-state index in [9.17, 15) is 13.2 Å². The number of piperazine rings is 1. The van der Waals surface area contributed by atoms with Gasteiger partial charge in [0.05, 0.1) is 10.9 Å². The second kappa shape index (κ2) is 9.93. The van der Waals surface area contributed by atoms with Gasteiger partial charge in [-0.05, 0) is 44.0 Å². The lowest BCUT2D eigenvalue weighted by Gasteiger charge is -2.37. The quantitative estimate of drug-likeness (QED) is 0.705. The highest BCUT2D eigenvalue weighted by atomic mass is 32.2. The number of carbonyl (C=O) groups is 1. The van der Waals surface area contributed by atoms with E-state index in [1.165, 1.54) is 4.31 Å². The zero-order valence-corrected chi connectivity index (χ0v) is 19.2. The van der Waals surface area contributed by atoms with Crippen molar-refractivity contribution in [2.24, 2.45) is 0 Å². The van der Waals surface area contributed by atoms with E-state index in [0.717, 1.165) is 45.4 Å². The SMILES string of the molecule is C[C@H](C(=O)Nc1cccc(S(=O)(=O)N2CCCCC2)c1)N1CCN(c2ncccn2)CC1. The molecule has 172 valence electrons. The second-order valence-electron chi connectivity index (χ2n) is 8.23. The van der Waals surface area contributed by atoms with Gasteiger partial charge in [-0.15, -0.1) is 0 Å². The van der Waals surface area contributed by atoms with Crippen molar-refractivity contribution in [3.63, 3.8) is 0 Å². The molecule has 4 rings (SSSR count). The van der Waals surface area contributed by atoms with Gasteiger partial charge < -0.3 is 10.2 Å². The van der Waals surface area contributed by atoms with E-state index >= 15 is 0 Å². The van der Waals surface area contributed by atoms with E-state index < -0.39 is 10.0 Å². The average Bonchev–Trinajstić information content (AvgIpc) is 2.85. The molecule has 0 spiro atoms. The van der Waals surface area contributed by atoms with Crippen LogP contribution in [0.1, 0.15) is 26.2 Å². The Morgan fingerprint density at radius 3 is 2.34 bits per heavy atom. The van der Waals surface area contributed by atoms with Crippen LogP contribution in [0, 0.1) is 0 Å². The van der Waals surface area contributed by atoms with E-state index in [-0.39, 0.29) is 16.8 Å². The van der Waals surface area contributed by atoms with E-state index in [1.54, 1.807) is 42.7 Å². The summed E-state index contributed by atoms with van der Waals surface area (Å²) in [6.45, 7) is 5.90. The molecule has 2 aliphatic rings. The van der Waals surface area contributed by atoms with Gasteiger partial charge in [0.1, 0.15) is 0 Å². The summed E-state index contributed by atoms with van der Waals surface area (Å²) in [6.07, 6.45) is 6.29. The summed E-state index contributed by atoms with van der Waals surface area (Å²) in [5.74, 6) is 0.554. The zero-order valence-electron chi connectivity index (χ0n) is 18.4. The summed E-state index contributed by atoms with van der Waals surface area (Å²) < 4.78 is 27.4. The van der Waals surface area contributed by atoms with Gasteiger partial charge >= 0.3 is 0 Å². The fraction of sp³-hybridized carbons (Fsp3) is 0.500. The number of sulfonamides is 1. The Balaban J connectivity index is 1.36. The van der Waals surface area contributed by atoms with E-state index in [4.69, 9.17) is 0 Å². The molecule has 2 aromatic rings. The Kier molecular flexibility index (Phi) is 7.02. The first-order chi connectivity index (χ1) is 15.4. The van der Waals surface area contributed by atoms with Gasteiger partial charge in [-0.25, -0.2) is 18.4 Å². The van der Waals surface area contributed by atoms with Crippen LogP contribution in [0.5, 0.6) is 0 Å². The van der Waals surface area contributed by atoms with Crippen LogP contribution < -0.4 is 10.2 Å². The van der Waals surface area contributed by atoms with Crippen molar-refractivity contribution in [3.05, 3.63) is 42.7 Å². The Hall–Kier alpha value is -2.56. The predicted molar refractivity (Wildman–Crippen MR) is 123 cm³/mol. The summed E-state index contributed by atoms with van der Waals surface area (Å²) in [4.78, 5) is 25.9. The maximum atomic E-state index is 12.9. The van der Waals surface area contributed by atoms with Gasteiger partial charge in [0.15, 0.2) is 0 Å². The molecule has 1 amide bonds. The Morgan fingerprint density at radius 1 is 0.969 bits per heavy atom. The highest BCUT2D eigenvalue weighted by Gasteiger charge is 2.28. The number of nitrogens with zero attached hydrogens (tertiary/aromatic N) is 5. The molecule has 0 unspecified atom stereocenters. The van der Waals surface area contributed by atoms with Crippen LogP contribution in [0.4, 0.5) is 11.6 Å². The lowest BCUT2D eigenvalue weighted by Crippen LogP contribution is -2.53. The van der Waals surface area contributed by atoms with Gasteiger partial charge in [-0.1, -0.05) is 12.5 Å². The van der Waals surface area contributed by atoms with Crippen molar-refractivity contribution < 1.29 is 13.2 Å². The molecule has 2 aliphatic heterocycles. The largest absolute Gasteiger partial charge is 0.338 e. The topological polar surface area (TPSA) is 98.7 Å². The molecule has 0 bridgehead atoms. The zero-order chi connectivity index (χ0) is 22.6. The maximum absolute atomic E-state index is 12.9. The van der Waals surface area contributed by atoms with Gasteiger partial charge in [0.2, 0.25) is 21.9 Å². The molecule has 2 saturated heterocycles. The van der Waals surface area contributed by atoms with Gasteiger partial charge in [0.25, 0.3) is 0 Å². The average molecular weight is 459 g/mol. The molecule has 1 N–H and O–H groups in total. The van der Waals surface area contributed by atoms with Crippen molar-refractivity contribution in [2.75, 3.05) is 49.5 Å². The van der Waals surface area contributed by atoms with Gasteiger partial charge in [-0.2, -0.15) is 4.31 Å². The molecular formula is C22H30N6O3S. The fourth-order valence-corrected chi connectivity index (χ4v) is 5.73. The molecule has 3 heterocycles. The number of carbonyl (C=O) groups excluding carboxylic acids is 1. The van der Waals surface area contributed by atoms with E-state index in [0.29, 0.717) is 24.7 Å². The minimum atomic E-state index is -3.54. The lowest BCUT2D eigenvalue weighted by molar-refractivity contribution is -0.120. The third-order valence-corrected chi connectivity index (χ3v) is 8.03. The van der Waals surface area contributed by atoms with Crippen molar-refractivity contribution in [3.8, 4) is 0 Å². The fourth-order valence-electron chi connectivity index (χ4n) is 4.16. The van der Waals surface area contributed by atoms with Crippen LogP contribution in [0.2, 0.25) is 0 Å². The summed E-state index contributed by atoms with van der Waals surface area (Å²) in [6, 6.07) is 8.00. The summed E-state index contributed by atoms with van der Waals surface area (Å²) in [5.41, 5.74) is 0.497. The molecule has 10 heteroatoms. The summed E-state index contributed by atoms with van der Waals surface area (Å²) >= 11 is 0. The smallest absolute Gasteiger partial charge is 0.243 e. The van der Waals surface area contributed by atoms with Gasteiger partial charge in [-0.3, -0.25) is 9.69 Å². The normalized spacial score (nSPS) is 19.5. The summed E-state index contributed by atoms with van der Waals surface area (Å²) in [5, 5.41) is 2.90. The molecule has 0 saturated carbocycles. The van der Waals surface area contributed by atoms with Crippen LogP contribution in [-0.2, 0) is 14.8 Å². The number of aromatic nitrogens is 2. The minimum absolute atomic E-state index is 0.151. The third kappa shape index (κ3) is 5.08. The lowest BCUT2D eigenvalue weighted by atomic mass is 10.2. The van der Waals surface area contributed by atoms with Crippen molar-refractivity contribution >= 4 is 27.6 Å². The van der Waals surface area contributed by atoms with Crippen LogP contribution in [0.15, 0.2) is 47.6 Å². The maximum Gasteiger partial charge on any atom is 0.243 e. The van der Waals surface area contributed by atoms with Gasteiger partial charge in [0, 0.05) is 57.3 Å². The minimum Gasteiger partial charge on any atom is -0.338 e. The first kappa shape index (κ1) is 22.6. The van der Waals surface area contributed by atoms with E-state index in [1.807, 2.05) is 6.92 Å². The number of hydrogen-bond donors (Lipinski definition) is 1. The molecule has 2 fully saturated rings. The highest BCUT2D eigenvalue weighted by molar-refractivity contribution is 7.89. The van der Waals surface area contributed by atoms with Crippen molar-refractivity contribution in [2.45, 2.75) is 37.1 Å². The molecule has 0 radical (unpaired) electrons. The number of anilines is 2. The molecule has 1 atom stereocenters. The number of hydrogen-bond acceptors (Lipinski definition) is 7. The number of rotatable bonds is 6. The Labute approximate surface area is 189 Å². The molecule has 1 aromatic carbocycles. The number of piperidine rings is 1. The number of benzene rings is 1. The monoisotopic (exact) mass is 458 g/mol. The van der Waals surface area contributed by atoms with Crippen molar-refractivity contribution in [1.29, 1.82) is 0 Å². The second-order valence-corrected chi connectivity index (χ2v) is 10.2. The van der Waals surface area contributed by atoms with E-state index in [2.05, 4.69) is 25.1 Å². The van der Waals surface area contributed by atoms with Crippen LogP contribution in [-0.4, -0.2) is 78.8 Å². The molecule has 1 aromatic heterocycles. The van der Waals surface area contributed by atoms with Crippen LogP contribution >= 0.6 is 0 Å². The third-order valence-electron chi connectivity index (χ3n) is 6.13. The predicted octanol–water partition coefficient (Wildman–Crippen LogP) is 1.80. The molecular weight excluding hydrogens is 428 g/mol. The summed E-state index contributed by atoms with van der Waals surface area (Å²) in [7, 11) is -3.54. The molecule has 9 nitrogen and oxygen atoms in total. The van der Waals surface area contributed by atoms with Crippen LogP contribution in [0.3, 0.4) is 0 Å². The first-order valence-corrected chi connectivity index (χ1v) is 12.6. The Bertz CT molecular complexity index is 1020. The standard InChI is InChI=1S/C22H30N6O3S/c1-18(26-13-15-27(16-14-26)22-23-9-6-10-24-22)21(29)25-19-7-5-8-20(17-19)32(30,31)28-11-3-2-4-12-28/h5-10,17-18H,2-4,11-16H2,1H3,(H,25,29)/t18-/m1/s1.